The molecular formula is C14H19N3O4. The van der Waals surface area contributed by atoms with E-state index in [1.54, 1.807) is 13.8 Å². The van der Waals surface area contributed by atoms with Crippen molar-refractivity contribution in [2.24, 2.45) is 0 Å². The molecule has 1 unspecified atom stereocenters. The topological polar surface area (TPSA) is 83.1 Å². The van der Waals surface area contributed by atoms with Crippen LogP contribution in [0.25, 0.3) is 0 Å². The second-order valence-corrected chi connectivity index (χ2v) is 4.57. The minimum atomic E-state index is -1.17. The molecule has 7 nitrogen and oxygen atoms in total. The van der Waals surface area contributed by atoms with E-state index in [4.69, 9.17) is 9.57 Å². The van der Waals surface area contributed by atoms with Gasteiger partial charge in [0.05, 0.1) is 7.11 Å². The average Bonchev–Trinajstić information content (AvgIpc) is 2.72. The summed E-state index contributed by atoms with van der Waals surface area (Å²) in [5, 5.41) is 13.8. The van der Waals surface area contributed by atoms with Crippen molar-refractivity contribution in [3.63, 3.8) is 0 Å². The molecule has 0 spiro atoms. The summed E-state index contributed by atoms with van der Waals surface area (Å²) < 4.78 is 5.55. The number of nitrogens with zero attached hydrogens (tertiary/aromatic N) is 1. The molecular weight excluding hydrogens is 274 g/mol. The van der Waals surface area contributed by atoms with Crippen LogP contribution in [0.15, 0.2) is 41.7 Å². The SMILES string of the molecule is CCOC1(C)NN(OC)C(Nc2ccccc2)=C1C(=O)O. The van der Waals surface area contributed by atoms with E-state index in [0.29, 0.717) is 6.61 Å². The molecule has 0 aromatic heterocycles. The first-order chi connectivity index (χ1) is 10.0. The van der Waals surface area contributed by atoms with Gasteiger partial charge in [-0.05, 0) is 26.0 Å². The molecule has 2 rings (SSSR count). The van der Waals surface area contributed by atoms with Crippen molar-refractivity contribution in [2.45, 2.75) is 19.6 Å². The maximum Gasteiger partial charge on any atom is 0.339 e. The second kappa shape index (κ2) is 6.13. The lowest BCUT2D eigenvalue weighted by atomic mass is 10.1. The van der Waals surface area contributed by atoms with Gasteiger partial charge in [-0.15, -0.1) is 0 Å². The monoisotopic (exact) mass is 293 g/mol. The Hall–Kier alpha value is -2.09. The molecule has 1 atom stereocenters. The molecule has 0 saturated carbocycles. The van der Waals surface area contributed by atoms with Gasteiger partial charge >= 0.3 is 5.97 Å². The number of hydrogen-bond acceptors (Lipinski definition) is 6. The van der Waals surface area contributed by atoms with Gasteiger partial charge in [0, 0.05) is 12.3 Å². The van der Waals surface area contributed by atoms with E-state index in [9.17, 15) is 9.90 Å². The van der Waals surface area contributed by atoms with Crippen molar-refractivity contribution in [1.29, 1.82) is 0 Å². The lowest BCUT2D eigenvalue weighted by molar-refractivity contribution is -0.179. The minimum Gasteiger partial charge on any atom is -0.478 e. The van der Waals surface area contributed by atoms with Crippen LogP contribution in [0.3, 0.4) is 0 Å². The summed E-state index contributed by atoms with van der Waals surface area (Å²) in [5.74, 6) is -0.802. The van der Waals surface area contributed by atoms with Gasteiger partial charge < -0.3 is 15.2 Å². The smallest absolute Gasteiger partial charge is 0.339 e. The number of carbonyl (C=O) groups is 1. The summed E-state index contributed by atoms with van der Waals surface area (Å²) in [6.07, 6.45) is 0. The largest absolute Gasteiger partial charge is 0.478 e. The van der Waals surface area contributed by atoms with Gasteiger partial charge in [0.2, 0.25) is 0 Å². The Kier molecular flexibility index (Phi) is 4.46. The van der Waals surface area contributed by atoms with Crippen molar-refractivity contribution in [2.75, 3.05) is 19.0 Å². The van der Waals surface area contributed by atoms with Crippen LogP contribution in [0.2, 0.25) is 0 Å². The quantitative estimate of drug-likeness (QED) is 0.733. The number of nitrogens with one attached hydrogen (secondary N) is 2. The Morgan fingerprint density at radius 3 is 2.62 bits per heavy atom. The first kappa shape index (κ1) is 15.3. The van der Waals surface area contributed by atoms with Gasteiger partial charge in [0.15, 0.2) is 11.5 Å². The Morgan fingerprint density at radius 2 is 2.10 bits per heavy atom. The Labute approximate surface area is 123 Å². The first-order valence-electron chi connectivity index (χ1n) is 6.58. The van der Waals surface area contributed by atoms with Crippen LogP contribution in [0.1, 0.15) is 13.8 Å². The molecule has 3 N–H and O–H groups in total. The average molecular weight is 293 g/mol. The maximum absolute atomic E-state index is 11.7. The fourth-order valence-corrected chi connectivity index (χ4v) is 2.24. The third-order valence-corrected chi connectivity index (χ3v) is 3.10. The number of para-hydroxylation sites is 1. The Bertz CT molecular complexity index is 546. The van der Waals surface area contributed by atoms with E-state index in [0.717, 1.165) is 5.69 Å². The van der Waals surface area contributed by atoms with E-state index in [2.05, 4.69) is 10.7 Å². The molecule has 0 radical (unpaired) electrons. The number of anilines is 1. The molecule has 1 aliphatic rings. The van der Waals surface area contributed by atoms with Crippen molar-refractivity contribution in [3.8, 4) is 0 Å². The van der Waals surface area contributed by atoms with Gasteiger partial charge in [-0.1, -0.05) is 18.2 Å². The number of hydrogen-bond donors (Lipinski definition) is 3. The molecule has 1 aliphatic heterocycles. The lowest BCUT2D eigenvalue weighted by Gasteiger charge is -2.27. The molecule has 1 aromatic carbocycles. The van der Waals surface area contributed by atoms with Crippen LogP contribution in [0.5, 0.6) is 0 Å². The molecule has 1 aromatic rings. The van der Waals surface area contributed by atoms with Crippen molar-refractivity contribution in [1.82, 2.24) is 10.6 Å². The van der Waals surface area contributed by atoms with Gasteiger partial charge in [0.25, 0.3) is 0 Å². The number of ether oxygens (including phenoxy) is 1. The number of carboxylic acid groups (broad SMARTS) is 1. The summed E-state index contributed by atoms with van der Waals surface area (Å²) in [6, 6.07) is 9.24. The molecule has 0 bridgehead atoms. The Balaban J connectivity index is 2.43. The lowest BCUT2D eigenvalue weighted by Crippen LogP contribution is -2.49. The maximum atomic E-state index is 11.7. The molecule has 7 heteroatoms. The predicted molar refractivity (Wildman–Crippen MR) is 76.7 cm³/mol. The van der Waals surface area contributed by atoms with Crippen molar-refractivity contribution in [3.05, 3.63) is 41.7 Å². The third-order valence-electron chi connectivity index (χ3n) is 3.10. The number of aliphatic carboxylic acids is 1. The first-order valence-corrected chi connectivity index (χ1v) is 6.58. The van der Waals surface area contributed by atoms with Crippen LogP contribution in [-0.2, 0) is 14.4 Å². The number of benzene rings is 1. The summed E-state index contributed by atoms with van der Waals surface area (Å²) in [6.45, 7) is 3.80. The standard InChI is InChI=1S/C14H19N3O4/c1-4-21-14(2)11(13(18)19)12(17(16-14)20-3)15-10-8-6-5-7-9-10/h5-9,15-16H,4H2,1-3H3,(H,18,19). The normalized spacial score (nSPS) is 21.8. The van der Waals surface area contributed by atoms with E-state index >= 15 is 0 Å². The van der Waals surface area contributed by atoms with Crippen LogP contribution in [0.4, 0.5) is 5.69 Å². The number of hydroxylamine groups is 1. The molecule has 0 saturated heterocycles. The van der Waals surface area contributed by atoms with Crippen LogP contribution in [0, 0.1) is 0 Å². The fraction of sp³-hybridized carbons (Fsp3) is 0.357. The van der Waals surface area contributed by atoms with Crippen LogP contribution >= 0.6 is 0 Å². The highest BCUT2D eigenvalue weighted by atomic mass is 16.7. The number of hydrazine groups is 1. The van der Waals surface area contributed by atoms with Gasteiger partial charge in [-0.2, -0.15) is 10.6 Å². The van der Waals surface area contributed by atoms with Gasteiger partial charge in [-0.3, -0.25) is 4.84 Å². The van der Waals surface area contributed by atoms with E-state index in [-0.39, 0.29) is 11.4 Å². The van der Waals surface area contributed by atoms with Crippen LogP contribution in [-0.4, -0.2) is 35.7 Å². The second-order valence-electron chi connectivity index (χ2n) is 4.57. The van der Waals surface area contributed by atoms with Crippen LogP contribution < -0.4 is 10.7 Å². The van der Waals surface area contributed by atoms with E-state index < -0.39 is 11.7 Å². The predicted octanol–water partition coefficient (Wildman–Crippen LogP) is 1.53. The summed E-state index contributed by atoms with van der Waals surface area (Å²) in [5.41, 5.74) is 2.52. The summed E-state index contributed by atoms with van der Waals surface area (Å²) in [7, 11) is 1.44. The van der Waals surface area contributed by atoms with Crippen molar-refractivity contribution < 1.29 is 19.5 Å². The highest BCUT2D eigenvalue weighted by Crippen LogP contribution is 2.31. The Morgan fingerprint density at radius 1 is 1.43 bits per heavy atom. The zero-order valence-electron chi connectivity index (χ0n) is 12.2. The fourth-order valence-electron chi connectivity index (χ4n) is 2.24. The van der Waals surface area contributed by atoms with E-state index in [1.807, 2.05) is 30.3 Å². The molecule has 0 aliphatic carbocycles. The minimum absolute atomic E-state index is 0.0510. The molecule has 0 fully saturated rings. The van der Waals surface area contributed by atoms with Gasteiger partial charge in [0.1, 0.15) is 5.57 Å². The summed E-state index contributed by atoms with van der Waals surface area (Å²) >= 11 is 0. The zero-order chi connectivity index (χ0) is 15.5. The van der Waals surface area contributed by atoms with E-state index in [1.165, 1.54) is 12.3 Å². The van der Waals surface area contributed by atoms with Crippen molar-refractivity contribution >= 4 is 11.7 Å². The number of carboxylic acids is 1. The zero-order valence-corrected chi connectivity index (χ0v) is 12.2. The highest BCUT2D eigenvalue weighted by Gasteiger charge is 2.46. The molecule has 0 amide bonds. The molecule has 114 valence electrons. The third kappa shape index (κ3) is 2.99. The molecule has 1 heterocycles. The molecule has 21 heavy (non-hydrogen) atoms. The van der Waals surface area contributed by atoms with Gasteiger partial charge in [-0.25, -0.2) is 4.79 Å². The highest BCUT2D eigenvalue weighted by molar-refractivity contribution is 5.91. The number of rotatable bonds is 6. The summed E-state index contributed by atoms with van der Waals surface area (Å²) in [4.78, 5) is 16.8.